The molecule has 4 heteroatoms. The number of aliphatic hydroxyl groups excluding tert-OH is 1. The minimum atomic E-state index is -0.779. The van der Waals surface area contributed by atoms with Crippen LogP contribution in [-0.2, 0) is 4.79 Å². The number of hydrogen-bond donors (Lipinski definition) is 2. The van der Waals surface area contributed by atoms with E-state index in [1.54, 1.807) is 24.3 Å². The lowest BCUT2D eigenvalue weighted by Gasteiger charge is -2.12. The highest BCUT2D eigenvalue weighted by atomic mass is 16.3. The van der Waals surface area contributed by atoms with Crippen LogP contribution in [0.25, 0.3) is 16.8 Å². The summed E-state index contributed by atoms with van der Waals surface area (Å²) in [5.41, 5.74) is 2.07. The number of hydrogen-bond acceptors (Lipinski definition) is 3. The van der Waals surface area contributed by atoms with E-state index in [1.807, 2.05) is 48.5 Å². The number of carbonyl (C=O) groups excluding carboxylic acids is 1. The molecule has 0 aromatic heterocycles. The monoisotopic (exact) mass is 342 g/mol. The van der Waals surface area contributed by atoms with Crippen molar-refractivity contribution in [2.75, 3.05) is 6.54 Å². The molecule has 0 aliphatic carbocycles. The fraction of sp³-hybridized carbons (Fsp3) is 0.0909. The van der Waals surface area contributed by atoms with Crippen LogP contribution in [0.15, 0.2) is 72.8 Å². The third-order valence-corrected chi connectivity index (χ3v) is 4.07. The van der Waals surface area contributed by atoms with E-state index >= 15 is 0 Å². The highest BCUT2D eigenvalue weighted by molar-refractivity contribution is 5.91. The highest BCUT2D eigenvalue weighted by Crippen LogP contribution is 2.20. The maximum Gasteiger partial charge on any atom is 0.244 e. The molecule has 0 spiro atoms. The Morgan fingerprint density at radius 3 is 2.69 bits per heavy atom. The van der Waals surface area contributed by atoms with Gasteiger partial charge in [-0.3, -0.25) is 4.79 Å². The Morgan fingerprint density at radius 1 is 1.08 bits per heavy atom. The summed E-state index contributed by atoms with van der Waals surface area (Å²) >= 11 is 0. The van der Waals surface area contributed by atoms with Crippen LogP contribution < -0.4 is 5.32 Å². The molecule has 26 heavy (non-hydrogen) atoms. The second-order valence-corrected chi connectivity index (χ2v) is 5.94. The number of carbonyl (C=O) groups is 1. The van der Waals surface area contributed by atoms with E-state index in [0.717, 1.165) is 21.9 Å². The first-order chi connectivity index (χ1) is 12.7. The van der Waals surface area contributed by atoms with Gasteiger partial charge in [0.1, 0.15) is 0 Å². The van der Waals surface area contributed by atoms with Crippen LogP contribution >= 0.6 is 0 Å². The average Bonchev–Trinajstić information content (AvgIpc) is 2.70. The maximum atomic E-state index is 11.9. The van der Waals surface area contributed by atoms with Gasteiger partial charge in [0, 0.05) is 12.6 Å². The normalized spacial score (nSPS) is 12.0. The topological polar surface area (TPSA) is 73.1 Å². The van der Waals surface area contributed by atoms with Crippen molar-refractivity contribution in [2.45, 2.75) is 6.10 Å². The van der Waals surface area contributed by atoms with Crippen molar-refractivity contribution in [3.05, 3.63) is 89.5 Å². The number of benzene rings is 3. The van der Waals surface area contributed by atoms with E-state index in [2.05, 4.69) is 11.4 Å². The van der Waals surface area contributed by atoms with Gasteiger partial charge < -0.3 is 10.4 Å². The first kappa shape index (κ1) is 17.4. The van der Waals surface area contributed by atoms with Gasteiger partial charge in [-0.2, -0.15) is 5.26 Å². The molecule has 0 saturated carbocycles. The Hall–Kier alpha value is -3.42. The van der Waals surface area contributed by atoms with E-state index in [4.69, 9.17) is 5.26 Å². The molecule has 0 aliphatic heterocycles. The van der Waals surface area contributed by atoms with Crippen LogP contribution in [0.5, 0.6) is 0 Å². The Morgan fingerprint density at radius 2 is 1.88 bits per heavy atom. The molecular weight excluding hydrogens is 324 g/mol. The molecule has 0 heterocycles. The van der Waals surface area contributed by atoms with Gasteiger partial charge in [0.05, 0.1) is 17.7 Å². The summed E-state index contributed by atoms with van der Waals surface area (Å²) in [7, 11) is 0. The number of nitrogens with zero attached hydrogens (tertiary/aromatic N) is 1. The molecule has 128 valence electrons. The van der Waals surface area contributed by atoms with Gasteiger partial charge in [-0.05, 0) is 46.2 Å². The van der Waals surface area contributed by atoms with Crippen molar-refractivity contribution in [2.24, 2.45) is 0 Å². The molecule has 0 bridgehead atoms. The van der Waals surface area contributed by atoms with Crippen LogP contribution in [0, 0.1) is 11.3 Å². The van der Waals surface area contributed by atoms with Crippen molar-refractivity contribution in [1.82, 2.24) is 5.32 Å². The molecule has 0 fully saturated rings. The number of nitriles is 1. The lowest BCUT2D eigenvalue weighted by atomic mass is 10.0. The second-order valence-electron chi connectivity index (χ2n) is 5.94. The van der Waals surface area contributed by atoms with Gasteiger partial charge in [-0.15, -0.1) is 0 Å². The molecule has 4 nitrogen and oxygen atoms in total. The molecule has 0 saturated heterocycles. The van der Waals surface area contributed by atoms with E-state index < -0.39 is 6.10 Å². The standard InChI is InChI=1S/C22H18N2O2/c23-14-17-5-3-4-16(12-17)8-11-22(26)24-15-21(25)20-10-9-18-6-1-2-7-19(18)13-20/h1-13,21,25H,15H2,(H,24,26)/b11-8+. The Balaban J connectivity index is 1.59. The molecule has 2 N–H and O–H groups in total. The van der Waals surface area contributed by atoms with E-state index in [9.17, 15) is 9.90 Å². The van der Waals surface area contributed by atoms with Crippen LogP contribution in [0.1, 0.15) is 22.8 Å². The lowest BCUT2D eigenvalue weighted by molar-refractivity contribution is -0.116. The highest BCUT2D eigenvalue weighted by Gasteiger charge is 2.09. The van der Waals surface area contributed by atoms with Crippen LogP contribution in [0.2, 0.25) is 0 Å². The second kappa shape index (κ2) is 8.11. The molecule has 0 aliphatic rings. The van der Waals surface area contributed by atoms with E-state index in [1.165, 1.54) is 6.08 Å². The Labute approximate surface area is 152 Å². The fourth-order valence-corrected chi connectivity index (χ4v) is 2.67. The number of rotatable bonds is 5. The molecule has 3 rings (SSSR count). The predicted octanol–water partition coefficient (Wildman–Crippen LogP) is 3.57. The van der Waals surface area contributed by atoms with Crippen LogP contribution in [0.4, 0.5) is 0 Å². The quantitative estimate of drug-likeness (QED) is 0.696. The number of aliphatic hydroxyl groups is 1. The summed E-state index contributed by atoms with van der Waals surface area (Å²) in [6, 6.07) is 22.7. The smallest absolute Gasteiger partial charge is 0.244 e. The van der Waals surface area contributed by atoms with Crippen molar-refractivity contribution in [3.8, 4) is 6.07 Å². The number of nitrogens with one attached hydrogen (secondary N) is 1. The van der Waals surface area contributed by atoms with Gasteiger partial charge in [0.25, 0.3) is 0 Å². The van der Waals surface area contributed by atoms with Crippen molar-refractivity contribution >= 4 is 22.8 Å². The predicted molar refractivity (Wildman–Crippen MR) is 102 cm³/mol. The molecule has 3 aromatic rings. The first-order valence-electron chi connectivity index (χ1n) is 8.28. The van der Waals surface area contributed by atoms with Gasteiger partial charge >= 0.3 is 0 Å². The van der Waals surface area contributed by atoms with Gasteiger partial charge in [-0.25, -0.2) is 0 Å². The third-order valence-electron chi connectivity index (χ3n) is 4.07. The van der Waals surface area contributed by atoms with Gasteiger partial charge in [0.15, 0.2) is 0 Å². The largest absolute Gasteiger partial charge is 0.387 e. The molecule has 0 radical (unpaired) electrons. The summed E-state index contributed by atoms with van der Waals surface area (Å²) in [6.07, 6.45) is 2.25. The molecule has 3 aromatic carbocycles. The van der Waals surface area contributed by atoms with E-state index in [-0.39, 0.29) is 12.5 Å². The zero-order valence-electron chi connectivity index (χ0n) is 14.1. The average molecular weight is 342 g/mol. The van der Waals surface area contributed by atoms with Crippen LogP contribution in [-0.4, -0.2) is 17.6 Å². The molecule has 1 unspecified atom stereocenters. The summed E-state index contributed by atoms with van der Waals surface area (Å²) in [6.45, 7) is 0.125. The minimum absolute atomic E-state index is 0.125. The molecular formula is C22H18N2O2. The number of amides is 1. The fourth-order valence-electron chi connectivity index (χ4n) is 2.67. The van der Waals surface area contributed by atoms with E-state index in [0.29, 0.717) is 5.56 Å². The number of fused-ring (bicyclic) bond motifs is 1. The summed E-state index contributed by atoms with van der Waals surface area (Å²) in [5.74, 6) is -0.299. The molecule has 1 atom stereocenters. The summed E-state index contributed by atoms with van der Waals surface area (Å²) in [4.78, 5) is 11.9. The zero-order chi connectivity index (χ0) is 18.4. The zero-order valence-corrected chi connectivity index (χ0v) is 14.1. The third kappa shape index (κ3) is 4.35. The lowest BCUT2D eigenvalue weighted by Crippen LogP contribution is -2.26. The van der Waals surface area contributed by atoms with Crippen molar-refractivity contribution in [1.29, 1.82) is 5.26 Å². The maximum absolute atomic E-state index is 11.9. The Bertz CT molecular complexity index is 1000. The van der Waals surface area contributed by atoms with Crippen molar-refractivity contribution in [3.63, 3.8) is 0 Å². The van der Waals surface area contributed by atoms with Crippen molar-refractivity contribution < 1.29 is 9.90 Å². The Kier molecular flexibility index (Phi) is 5.43. The van der Waals surface area contributed by atoms with Gasteiger partial charge in [0.2, 0.25) is 5.91 Å². The molecule has 1 amide bonds. The first-order valence-corrected chi connectivity index (χ1v) is 8.28. The van der Waals surface area contributed by atoms with Crippen LogP contribution in [0.3, 0.4) is 0 Å². The summed E-state index contributed by atoms with van der Waals surface area (Å²) in [5, 5.41) is 24.0. The summed E-state index contributed by atoms with van der Waals surface area (Å²) < 4.78 is 0. The van der Waals surface area contributed by atoms with Gasteiger partial charge in [-0.1, -0.05) is 48.5 Å². The SMILES string of the molecule is N#Cc1cccc(/C=C/C(=O)NCC(O)c2ccc3ccccc3c2)c1. The minimum Gasteiger partial charge on any atom is -0.387 e.